The minimum Gasteiger partial charge on any atom is -0.372 e. The van der Waals surface area contributed by atoms with Gasteiger partial charge >= 0.3 is 0 Å². The quantitative estimate of drug-likeness (QED) is 0.566. The molecular weight excluding hydrogens is 443 g/mol. The highest BCUT2D eigenvalue weighted by molar-refractivity contribution is 5.95. The number of nitrogens with one attached hydrogen (secondary N) is 1. The van der Waals surface area contributed by atoms with Crippen LogP contribution >= 0.6 is 0 Å². The van der Waals surface area contributed by atoms with Crippen LogP contribution in [0.15, 0.2) is 42.6 Å². The zero-order valence-corrected chi connectivity index (χ0v) is 19.9. The zero-order valence-electron chi connectivity index (χ0n) is 19.9. The van der Waals surface area contributed by atoms with Gasteiger partial charge in [-0.15, -0.1) is 0 Å². The summed E-state index contributed by atoms with van der Waals surface area (Å²) >= 11 is 0. The first kappa shape index (κ1) is 22.4. The van der Waals surface area contributed by atoms with Crippen LogP contribution in [0.3, 0.4) is 0 Å². The van der Waals surface area contributed by atoms with Gasteiger partial charge in [0.05, 0.1) is 35.4 Å². The van der Waals surface area contributed by atoms with Gasteiger partial charge in [0.1, 0.15) is 11.9 Å². The van der Waals surface area contributed by atoms with Gasteiger partial charge in [-0.25, -0.2) is 4.39 Å². The molecule has 0 radical (unpaired) electrons. The van der Waals surface area contributed by atoms with Crippen LogP contribution in [0.2, 0.25) is 0 Å². The van der Waals surface area contributed by atoms with Gasteiger partial charge in [0.15, 0.2) is 6.29 Å². The van der Waals surface area contributed by atoms with Gasteiger partial charge < -0.3 is 24.3 Å². The lowest BCUT2D eigenvalue weighted by molar-refractivity contribution is -0.0889. The molecule has 3 aliphatic heterocycles. The van der Waals surface area contributed by atoms with Crippen molar-refractivity contribution in [2.24, 2.45) is 5.92 Å². The van der Waals surface area contributed by atoms with Crippen molar-refractivity contribution in [1.29, 1.82) is 5.26 Å². The summed E-state index contributed by atoms with van der Waals surface area (Å²) in [6.07, 6.45) is 5.93. The van der Waals surface area contributed by atoms with Gasteiger partial charge in [0.2, 0.25) is 0 Å². The summed E-state index contributed by atoms with van der Waals surface area (Å²) in [5.41, 5.74) is 4.75. The van der Waals surface area contributed by atoms with Crippen molar-refractivity contribution in [3.63, 3.8) is 0 Å². The Hall–Kier alpha value is -3.08. The van der Waals surface area contributed by atoms with Gasteiger partial charge in [-0.3, -0.25) is 0 Å². The van der Waals surface area contributed by atoms with Crippen LogP contribution in [-0.2, 0) is 9.47 Å². The van der Waals surface area contributed by atoms with Crippen LogP contribution in [0.25, 0.3) is 10.9 Å². The minimum atomic E-state index is -0.346. The average molecular weight is 475 g/mol. The lowest BCUT2D eigenvalue weighted by Crippen LogP contribution is -2.38. The number of nitriles is 1. The molecule has 6 rings (SSSR count). The molecule has 2 aromatic carbocycles. The molecule has 35 heavy (non-hydrogen) atoms. The van der Waals surface area contributed by atoms with Crippen molar-refractivity contribution >= 4 is 22.3 Å². The van der Waals surface area contributed by atoms with E-state index in [0.29, 0.717) is 22.8 Å². The first-order valence-electron chi connectivity index (χ1n) is 12.7. The molecule has 6 nitrogen and oxygen atoms in total. The monoisotopic (exact) mass is 474 g/mol. The Bertz CT molecular complexity index is 1210. The molecule has 0 unspecified atom stereocenters. The summed E-state index contributed by atoms with van der Waals surface area (Å²) in [4.78, 5) is 7.91. The van der Waals surface area contributed by atoms with Crippen LogP contribution < -0.4 is 9.80 Å². The van der Waals surface area contributed by atoms with Gasteiger partial charge in [0.25, 0.3) is 0 Å². The maximum absolute atomic E-state index is 14.4. The van der Waals surface area contributed by atoms with E-state index in [4.69, 9.17) is 9.47 Å². The lowest BCUT2D eigenvalue weighted by atomic mass is 9.89. The van der Waals surface area contributed by atoms with E-state index < -0.39 is 0 Å². The van der Waals surface area contributed by atoms with Crippen molar-refractivity contribution in [2.75, 3.05) is 49.2 Å². The number of fused-ring (bicyclic) bond motifs is 1. The Morgan fingerprint density at radius 1 is 0.886 bits per heavy atom. The molecule has 1 N–H and O–H groups in total. The van der Waals surface area contributed by atoms with Gasteiger partial charge in [-0.1, -0.05) is 12.1 Å². The number of hydrogen-bond acceptors (Lipinski definition) is 5. The van der Waals surface area contributed by atoms with E-state index in [1.54, 1.807) is 6.20 Å². The predicted molar refractivity (Wildman–Crippen MR) is 134 cm³/mol. The smallest absolute Gasteiger partial charge is 0.160 e. The van der Waals surface area contributed by atoms with E-state index in [-0.39, 0.29) is 12.1 Å². The Labute approximate surface area is 205 Å². The molecule has 7 heteroatoms. The van der Waals surface area contributed by atoms with Gasteiger partial charge in [-0.2, -0.15) is 5.26 Å². The van der Waals surface area contributed by atoms with E-state index >= 15 is 0 Å². The third kappa shape index (κ3) is 4.26. The second kappa shape index (κ2) is 9.52. The van der Waals surface area contributed by atoms with E-state index in [2.05, 4.69) is 45.1 Å². The molecule has 0 atom stereocenters. The molecule has 3 saturated heterocycles. The summed E-state index contributed by atoms with van der Waals surface area (Å²) in [5.74, 6) is 0.691. The number of aromatic amines is 1. The van der Waals surface area contributed by atoms with Crippen molar-refractivity contribution in [1.82, 2.24) is 4.98 Å². The fourth-order valence-corrected chi connectivity index (χ4v) is 6.03. The number of rotatable bonds is 4. The number of nitrogens with zero attached hydrogens (tertiary/aromatic N) is 3. The first-order chi connectivity index (χ1) is 17.2. The summed E-state index contributed by atoms with van der Waals surface area (Å²) in [7, 11) is 0. The van der Waals surface area contributed by atoms with Crippen molar-refractivity contribution in [3.05, 3.63) is 59.5 Å². The third-order valence-corrected chi connectivity index (χ3v) is 8.02. The maximum atomic E-state index is 14.4. The molecule has 0 saturated carbocycles. The first-order valence-corrected chi connectivity index (χ1v) is 12.7. The predicted octanol–water partition coefficient (Wildman–Crippen LogP) is 5.15. The highest BCUT2D eigenvalue weighted by Crippen LogP contribution is 2.36. The number of benzene rings is 2. The Morgan fingerprint density at radius 3 is 2.26 bits per heavy atom. The normalized spacial score (nSPS) is 20.6. The van der Waals surface area contributed by atoms with Crippen molar-refractivity contribution in [2.45, 2.75) is 37.9 Å². The van der Waals surface area contributed by atoms with E-state index in [0.717, 1.165) is 76.3 Å². The number of ether oxygens (including phenoxy) is 2. The topological polar surface area (TPSA) is 64.5 Å². The van der Waals surface area contributed by atoms with E-state index in [1.807, 2.05) is 6.07 Å². The Balaban J connectivity index is 1.07. The van der Waals surface area contributed by atoms with Crippen LogP contribution in [0.5, 0.6) is 0 Å². The highest BCUT2D eigenvalue weighted by atomic mass is 19.1. The zero-order chi connectivity index (χ0) is 23.8. The van der Waals surface area contributed by atoms with Gasteiger partial charge in [0, 0.05) is 44.0 Å². The minimum absolute atomic E-state index is 0.00167. The summed E-state index contributed by atoms with van der Waals surface area (Å²) in [6.45, 7) is 5.37. The van der Waals surface area contributed by atoms with Crippen LogP contribution in [0.1, 0.15) is 42.7 Å². The number of piperidine rings is 2. The number of H-pyrrole nitrogens is 1. The fourth-order valence-electron chi connectivity index (χ4n) is 6.03. The maximum Gasteiger partial charge on any atom is 0.160 e. The Morgan fingerprint density at radius 2 is 1.57 bits per heavy atom. The molecule has 182 valence electrons. The Kier molecular flexibility index (Phi) is 6.09. The average Bonchev–Trinajstić information content (AvgIpc) is 3.61. The molecule has 0 aliphatic carbocycles. The van der Waals surface area contributed by atoms with Crippen LogP contribution in [-0.4, -0.2) is 50.7 Å². The summed E-state index contributed by atoms with van der Waals surface area (Å²) in [6, 6.07) is 14.5. The fraction of sp³-hybridized carbons (Fsp3) is 0.464. The van der Waals surface area contributed by atoms with Gasteiger partial charge in [-0.05, 0) is 61.4 Å². The van der Waals surface area contributed by atoms with E-state index in [1.165, 1.54) is 17.3 Å². The third-order valence-electron chi connectivity index (χ3n) is 8.02. The second-order valence-corrected chi connectivity index (χ2v) is 9.92. The lowest BCUT2D eigenvalue weighted by Gasteiger charge is -2.36. The molecule has 4 heterocycles. The number of aromatic nitrogens is 1. The molecule has 1 aromatic heterocycles. The second-order valence-electron chi connectivity index (χ2n) is 9.92. The summed E-state index contributed by atoms with van der Waals surface area (Å²) < 4.78 is 25.8. The standard InChI is InChI=1S/C28H31FN4O2/c29-24-5-6-25(27-26(24)22(17-30)18-31-27)33-13-7-20(8-14-33)19-1-3-23(4-2-19)32-11-9-21(10-12-32)28-34-15-16-35-28/h1-6,18,20-21,28,31H,7-16H2. The molecule has 0 amide bonds. The highest BCUT2D eigenvalue weighted by Gasteiger charge is 2.30. The van der Waals surface area contributed by atoms with E-state index in [9.17, 15) is 9.65 Å². The molecule has 0 spiro atoms. The molecular formula is C28H31FN4O2. The van der Waals surface area contributed by atoms with Crippen molar-refractivity contribution in [3.8, 4) is 6.07 Å². The van der Waals surface area contributed by atoms with Crippen LogP contribution in [0.4, 0.5) is 15.8 Å². The molecule has 3 aliphatic rings. The number of anilines is 2. The summed E-state index contributed by atoms with van der Waals surface area (Å²) in [5, 5.41) is 9.70. The SMILES string of the molecule is N#Cc1c[nH]c2c(N3CCC(c4ccc(N5CCC(C6OCCO6)CC5)cc4)CC3)ccc(F)c12. The molecule has 3 aromatic rings. The molecule has 0 bridgehead atoms. The largest absolute Gasteiger partial charge is 0.372 e. The molecule has 3 fully saturated rings. The number of hydrogen-bond donors (Lipinski definition) is 1. The van der Waals surface area contributed by atoms with Crippen molar-refractivity contribution < 1.29 is 13.9 Å². The number of halogens is 1. The van der Waals surface area contributed by atoms with Crippen LogP contribution in [0, 0.1) is 23.1 Å².